The summed E-state index contributed by atoms with van der Waals surface area (Å²) >= 11 is 0. The Morgan fingerprint density at radius 3 is 3.00 bits per heavy atom. The van der Waals surface area contributed by atoms with E-state index >= 15 is 0 Å². The Morgan fingerprint density at radius 1 is 1.41 bits per heavy atom. The second-order valence-electron chi connectivity index (χ2n) is 4.97. The van der Waals surface area contributed by atoms with E-state index in [9.17, 15) is 0 Å². The van der Waals surface area contributed by atoms with E-state index in [0.717, 1.165) is 36.4 Å². The van der Waals surface area contributed by atoms with E-state index in [1.165, 1.54) is 16.5 Å². The lowest BCUT2D eigenvalue weighted by Gasteiger charge is -2.13. The zero-order valence-corrected chi connectivity index (χ0v) is 10.4. The van der Waals surface area contributed by atoms with Crippen molar-refractivity contribution in [1.82, 2.24) is 4.90 Å². The van der Waals surface area contributed by atoms with E-state index in [-0.39, 0.29) is 0 Å². The molecule has 0 fully saturated rings. The predicted molar refractivity (Wildman–Crippen MR) is 71.0 cm³/mol. The van der Waals surface area contributed by atoms with Crippen LogP contribution in [0.1, 0.15) is 23.8 Å². The maximum absolute atomic E-state index is 5.95. The van der Waals surface area contributed by atoms with Gasteiger partial charge in [-0.15, -0.1) is 0 Å². The van der Waals surface area contributed by atoms with Crippen molar-refractivity contribution in [3.8, 4) is 0 Å². The lowest BCUT2D eigenvalue weighted by Crippen LogP contribution is -2.18. The van der Waals surface area contributed by atoms with Gasteiger partial charge in [-0.25, -0.2) is 0 Å². The fourth-order valence-electron chi connectivity index (χ4n) is 2.65. The van der Waals surface area contributed by atoms with E-state index in [0.29, 0.717) is 0 Å². The van der Waals surface area contributed by atoms with Gasteiger partial charge in [0, 0.05) is 24.0 Å². The van der Waals surface area contributed by atoms with Gasteiger partial charge in [-0.1, -0.05) is 18.7 Å². The number of hydrogen-bond acceptors (Lipinski definition) is 2. The van der Waals surface area contributed by atoms with Crippen molar-refractivity contribution in [3.05, 3.63) is 41.7 Å². The summed E-state index contributed by atoms with van der Waals surface area (Å²) in [5, 5.41) is 1.31. The maximum Gasteiger partial charge on any atom is 0.135 e. The Balaban J connectivity index is 2.35. The van der Waals surface area contributed by atoms with Gasteiger partial charge in [-0.05, 0) is 37.6 Å². The number of nitrogens with zero attached hydrogens (tertiary/aromatic N) is 1. The van der Waals surface area contributed by atoms with Crippen LogP contribution in [0, 0.1) is 0 Å². The summed E-state index contributed by atoms with van der Waals surface area (Å²) in [6.07, 6.45) is 1.09. The van der Waals surface area contributed by atoms with Crippen LogP contribution < -0.4 is 0 Å². The predicted octanol–water partition coefficient (Wildman–Crippen LogP) is 3.45. The third kappa shape index (κ3) is 1.60. The lowest BCUT2D eigenvalue weighted by molar-refractivity contribution is 0.334. The maximum atomic E-state index is 5.95. The smallest absolute Gasteiger partial charge is 0.135 e. The van der Waals surface area contributed by atoms with Gasteiger partial charge in [-0.3, -0.25) is 0 Å². The van der Waals surface area contributed by atoms with Crippen LogP contribution in [0.2, 0.25) is 0 Å². The van der Waals surface area contributed by atoms with Crippen molar-refractivity contribution in [1.29, 1.82) is 0 Å². The largest absolute Gasteiger partial charge is 0.456 e. The number of rotatable bonds is 1. The molecule has 17 heavy (non-hydrogen) atoms. The molecule has 3 rings (SSSR count). The fourth-order valence-corrected chi connectivity index (χ4v) is 2.65. The van der Waals surface area contributed by atoms with Gasteiger partial charge >= 0.3 is 0 Å². The summed E-state index contributed by atoms with van der Waals surface area (Å²) in [6, 6.07) is 6.35. The Labute approximate surface area is 102 Å². The molecule has 1 aliphatic heterocycles. The highest BCUT2D eigenvalue weighted by molar-refractivity contribution is 5.89. The van der Waals surface area contributed by atoms with Gasteiger partial charge in [0.05, 0.1) is 0 Å². The molecule has 1 aliphatic rings. The molecular formula is C15H17NO. The van der Waals surface area contributed by atoms with Crippen LogP contribution in [-0.2, 0) is 13.0 Å². The Hall–Kier alpha value is -1.54. The molecule has 2 heterocycles. The minimum absolute atomic E-state index is 0.951. The van der Waals surface area contributed by atoms with Crippen LogP contribution in [-0.4, -0.2) is 18.5 Å². The van der Waals surface area contributed by atoms with Crippen molar-refractivity contribution in [2.75, 3.05) is 13.6 Å². The molecule has 0 atom stereocenters. The Morgan fingerprint density at radius 2 is 2.24 bits per heavy atom. The van der Waals surface area contributed by atoms with E-state index in [1.807, 2.05) is 6.92 Å². The molecule has 0 aliphatic carbocycles. The highest BCUT2D eigenvalue weighted by Crippen LogP contribution is 2.34. The van der Waals surface area contributed by atoms with Gasteiger partial charge in [0.15, 0.2) is 0 Å². The summed E-state index contributed by atoms with van der Waals surface area (Å²) in [5.74, 6) is 0.973. The van der Waals surface area contributed by atoms with Crippen LogP contribution in [0.5, 0.6) is 0 Å². The Bertz CT molecular complexity index is 594. The summed E-state index contributed by atoms with van der Waals surface area (Å²) in [5.41, 5.74) is 4.73. The van der Waals surface area contributed by atoms with Gasteiger partial charge in [0.1, 0.15) is 11.3 Å². The quantitative estimate of drug-likeness (QED) is 0.742. The van der Waals surface area contributed by atoms with Crippen molar-refractivity contribution in [2.24, 2.45) is 0 Å². The third-order valence-electron chi connectivity index (χ3n) is 3.48. The molecule has 88 valence electrons. The van der Waals surface area contributed by atoms with Crippen LogP contribution in [0.3, 0.4) is 0 Å². The molecule has 2 nitrogen and oxygen atoms in total. The second kappa shape index (κ2) is 3.74. The summed E-state index contributed by atoms with van der Waals surface area (Å²) in [7, 11) is 2.16. The van der Waals surface area contributed by atoms with E-state index in [1.54, 1.807) is 0 Å². The van der Waals surface area contributed by atoms with E-state index in [4.69, 9.17) is 4.42 Å². The van der Waals surface area contributed by atoms with Crippen molar-refractivity contribution in [2.45, 2.75) is 19.9 Å². The topological polar surface area (TPSA) is 16.4 Å². The zero-order valence-electron chi connectivity index (χ0n) is 10.4. The van der Waals surface area contributed by atoms with Crippen molar-refractivity contribution in [3.63, 3.8) is 0 Å². The molecule has 0 spiro atoms. The minimum atomic E-state index is 0.951. The number of hydrogen-bond donors (Lipinski definition) is 0. The number of likely N-dealkylation sites (N-methyl/N-ethyl adjacent to an activating group) is 1. The summed E-state index contributed by atoms with van der Waals surface area (Å²) in [6.45, 7) is 8.09. The molecule has 0 unspecified atom stereocenters. The molecule has 2 aromatic rings. The molecule has 1 aromatic heterocycles. The first-order chi connectivity index (χ1) is 8.16. The lowest BCUT2D eigenvalue weighted by atomic mass is 10.0. The SMILES string of the molecule is C=C(C)c1oc2cccc3c2c1CN(C)CC3. The van der Waals surface area contributed by atoms with Gasteiger partial charge in [-0.2, -0.15) is 0 Å². The first-order valence-electron chi connectivity index (χ1n) is 6.04. The molecule has 0 N–H and O–H groups in total. The third-order valence-corrected chi connectivity index (χ3v) is 3.48. The number of furan rings is 1. The van der Waals surface area contributed by atoms with Crippen LogP contribution in [0.25, 0.3) is 16.5 Å². The standard InChI is InChI=1S/C15H17NO/c1-10(2)15-12-9-16(3)8-7-11-5-4-6-13(17-15)14(11)12/h4-6H,1,7-9H2,2-3H3. The average molecular weight is 227 g/mol. The molecule has 0 amide bonds. The Kier molecular flexibility index (Phi) is 2.33. The molecule has 1 aromatic carbocycles. The van der Waals surface area contributed by atoms with Gasteiger partial charge < -0.3 is 9.32 Å². The summed E-state index contributed by atoms with van der Waals surface area (Å²) < 4.78 is 5.95. The van der Waals surface area contributed by atoms with Crippen LogP contribution in [0.15, 0.2) is 29.2 Å². The van der Waals surface area contributed by atoms with Gasteiger partial charge in [0.2, 0.25) is 0 Å². The number of allylic oxidation sites excluding steroid dienone is 1. The number of benzene rings is 1. The first-order valence-corrected chi connectivity index (χ1v) is 6.04. The minimum Gasteiger partial charge on any atom is -0.456 e. The second-order valence-corrected chi connectivity index (χ2v) is 4.97. The molecule has 0 bridgehead atoms. The van der Waals surface area contributed by atoms with Crippen molar-refractivity contribution < 1.29 is 4.42 Å². The van der Waals surface area contributed by atoms with E-state index < -0.39 is 0 Å². The van der Waals surface area contributed by atoms with Crippen LogP contribution >= 0.6 is 0 Å². The summed E-state index contributed by atoms with van der Waals surface area (Å²) in [4.78, 5) is 2.34. The molecule has 0 saturated heterocycles. The normalized spacial score (nSPS) is 16.1. The average Bonchev–Trinajstić information content (AvgIpc) is 2.57. The highest BCUT2D eigenvalue weighted by Gasteiger charge is 2.21. The van der Waals surface area contributed by atoms with E-state index in [2.05, 4.69) is 36.7 Å². The molecule has 0 saturated carbocycles. The van der Waals surface area contributed by atoms with Crippen LogP contribution in [0.4, 0.5) is 0 Å². The highest BCUT2D eigenvalue weighted by atomic mass is 16.3. The zero-order chi connectivity index (χ0) is 12.0. The van der Waals surface area contributed by atoms with Crippen molar-refractivity contribution >= 4 is 16.5 Å². The first kappa shape index (κ1) is 10.6. The molecule has 2 heteroatoms. The fraction of sp³-hybridized carbons (Fsp3) is 0.333. The molecular weight excluding hydrogens is 210 g/mol. The monoisotopic (exact) mass is 227 g/mol. The molecule has 0 radical (unpaired) electrons. The van der Waals surface area contributed by atoms with Gasteiger partial charge in [0.25, 0.3) is 0 Å².